The van der Waals surface area contributed by atoms with E-state index < -0.39 is 0 Å². The van der Waals surface area contributed by atoms with Gasteiger partial charge in [0, 0.05) is 17.5 Å². The number of ether oxygens (including phenoxy) is 1. The molecule has 114 valence electrons. The Morgan fingerprint density at radius 2 is 1.95 bits per heavy atom. The van der Waals surface area contributed by atoms with Gasteiger partial charge in [0.2, 0.25) is 0 Å². The zero-order valence-electron chi connectivity index (χ0n) is 12.9. The topological polar surface area (TPSA) is 46.8 Å². The van der Waals surface area contributed by atoms with Crippen LogP contribution in [-0.2, 0) is 6.61 Å². The van der Waals surface area contributed by atoms with Gasteiger partial charge in [0.25, 0.3) is 0 Å². The van der Waals surface area contributed by atoms with Gasteiger partial charge in [0.1, 0.15) is 11.4 Å². The Labute approximate surface area is 130 Å². The molecule has 1 N–H and O–H groups in total. The monoisotopic (exact) mass is 296 g/mol. The molecule has 0 aliphatic heterocycles. The summed E-state index contributed by atoms with van der Waals surface area (Å²) in [5.41, 5.74) is 4.83. The molecule has 0 atom stereocenters. The number of hydrogen-bond acceptors (Lipinski definition) is 3. The maximum absolute atomic E-state index is 9.24. The van der Waals surface area contributed by atoms with Crippen molar-refractivity contribution < 1.29 is 9.84 Å². The third-order valence-electron chi connectivity index (χ3n) is 3.71. The van der Waals surface area contributed by atoms with Gasteiger partial charge in [-0.15, -0.1) is 0 Å². The molecule has 2 heterocycles. The lowest BCUT2D eigenvalue weighted by molar-refractivity contribution is 0.282. The van der Waals surface area contributed by atoms with Crippen LogP contribution in [0.3, 0.4) is 0 Å². The van der Waals surface area contributed by atoms with E-state index in [1.807, 2.05) is 47.0 Å². The second kappa shape index (κ2) is 6.20. The minimum Gasteiger partial charge on any atom is -0.494 e. The molecule has 4 heteroatoms. The van der Waals surface area contributed by atoms with Gasteiger partial charge in [-0.05, 0) is 55.3 Å². The van der Waals surface area contributed by atoms with E-state index in [0.717, 1.165) is 46.9 Å². The number of aromatic nitrogens is 2. The Morgan fingerprint density at radius 3 is 2.64 bits per heavy atom. The molecule has 0 saturated carbocycles. The summed E-state index contributed by atoms with van der Waals surface area (Å²) < 4.78 is 7.65. The third kappa shape index (κ3) is 2.70. The highest BCUT2D eigenvalue weighted by atomic mass is 16.5. The standard InChI is InChI=1S/C18H20N2O2/c1-3-10-22-16-6-4-15(5-7-16)18-13(2)20-9-8-14(12-21)11-17(20)19-18/h4-9,11,21H,3,10,12H2,1-2H3. The van der Waals surface area contributed by atoms with Crippen LogP contribution in [0, 0.1) is 6.92 Å². The molecular formula is C18H20N2O2. The zero-order valence-corrected chi connectivity index (χ0v) is 12.9. The van der Waals surface area contributed by atoms with Gasteiger partial charge in [0.15, 0.2) is 0 Å². The van der Waals surface area contributed by atoms with E-state index in [-0.39, 0.29) is 6.61 Å². The van der Waals surface area contributed by atoms with E-state index in [1.54, 1.807) is 0 Å². The van der Waals surface area contributed by atoms with Crippen molar-refractivity contribution in [1.29, 1.82) is 0 Å². The smallest absolute Gasteiger partial charge is 0.138 e. The van der Waals surface area contributed by atoms with Crippen molar-refractivity contribution in [1.82, 2.24) is 9.38 Å². The van der Waals surface area contributed by atoms with E-state index in [0.29, 0.717) is 0 Å². The number of aliphatic hydroxyl groups excluding tert-OH is 1. The van der Waals surface area contributed by atoms with Crippen LogP contribution in [0.4, 0.5) is 0 Å². The van der Waals surface area contributed by atoms with Gasteiger partial charge in [-0.1, -0.05) is 6.92 Å². The third-order valence-corrected chi connectivity index (χ3v) is 3.71. The van der Waals surface area contributed by atoms with Crippen LogP contribution in [-0.4, -0.2) is 21.1 Å². The second-order valence-corrected chi connectivity index (χ2v) is 5.34. The van der Waals surface area contributed by atoms with Crippen LogP contribution in [0.1, 0.15) is 24.6 Å². The van der Waals surface area contributed by atoms with E-state index in [4.69, 9.17) is 9.72 Å². The van der Waals surface area contributed by atoms with Crippen LogP contribution in [0.25, 0.3) is 16.9 Å². The number of rotatable bonds is 5. The fourth-order valence-electron chi connectivity index (χ4n) is 2.51. The molecule has 0 saturated heterocycles. The quantitative estimate of drug-likeness (QED) is 0.782. The lowest BCUT2D eigenvalue weighted by Gasteiger charge is -2.05. The lowest BCUT2D eigenvalue weighted by atomic mass is 10.1. The molecule has 2 aromatic heterocycles. The number of aryl methyl sites for hydroxylation is 1. The Balaban J connectivity index is 1.97. The van der Waals surface area contributed by atoms with Crippen molar-refractivity contribution >= 4 is 5.65 Å². The van der Waals surface area contributed by atoms with E-state index in [2.05, 4.69) is 13.8 Å². The van der Waals surface area contributed by atoms with Crippen molar-refractivity contribution in [2.75, 3.05) is 6.61 Å². The average Bonchev–Trinajstić information content (AvgIpc) is 2.89. The second-order valence-electron chi connectivity index (χ2n) is 5.34. The number of aliphatic hydroxyl groups is 1. The number of imidazole rings is 1. The molecular weight excluding hydrogens is 276 g/mol. The Kier molecular flexibility index (Phi) is 4.11. The Hall–Kier alpha value is -2.33. The number of nitrogens with zero attached hydrogens (tertiary/aromatic N) is 2. The molecule has 0 spiro atoms. The first-order valence-corrected chi connectivity index (χ1v) is 7.54. The summed E-state index contributed by atoms with van der Waals surface area (Å²) >= 11 is 0. The van der Waals surface area contributed by atoms with Gasteiger partial charge >= 0.3 is 0 Å². The molecule has 22 heavy (non-hydrogen) atoms. The van der Waals surface area contributed by atoms with E-state index >= 15 is 0 Å². The summed E-state index contributed by atoms with van der Waals surface area (Å²) in [7, 11) is 0. The number of benzene rings is 1. The first kappa shape index (κ1) is 14.6. The van der Waals surface area contributed by atoms with E-state index in [1.165, 1.54) is 0 Å². The Bertz CT molecular complexity index is 776. The summed E-state index contributed by atoms with van der Waals surface area (Å²) in [6, 6.07) is 11.9. The highest BCUT2D eigenvalue weighted by molar-refractivity contribution is 5.67. The molecule has 0 fully saturated rings. The lowest BCUT2D eigenvalue weighted by Crippen LogP contribution is -1.94. The van der Waals surface area contributed by atoms with Gasteiger partial charge in [-0.2, -0.15) is 0 Å². The largest absolute Gasteiger partial charge is 0.494 e. The molecule has 0 aliphatic carbocycles. The number of pyridine rings is 1. The van der Waals surface area contributed by atoms with Gasteiger partial charge in [0.05, 0.1) is 18.9 Å². The predicted molar refractivity (Wildman–Crippen MR) is 87.1 cm³/mol. The number of fused-ring (bicyclic) bond motifs is 1. The van der Waals surface area contributed by atoms with Crippen molar-refractivity contribution in [2.24, 2.45) is 0 Å². The molecule has 0 bridgehead atoms. The van der Waals surface area contributed by atoms with Crippen LogP contribution < -0.4 is 4.74 Å². The Morgan fingerprint density at radius 1 is 1.18 bits per heavy atom. The summed E-state index contributed by atoms with van der Waals surface area (Å²) in [5, 5.41) is 9.24. The SMILES string of the molecule is CCCOc1ccc(-c2nc3cc(CO)ccn3c2C)cc1. The molecule has 0 unspecified atom stereocenters. The van der Waals surface area contributed by atoms with Crippen molar-refractivity contribution in [2.45, 2.75) is 26.9 Å². The van der Waals surface area contributed by atoms with Crippen molar-refractivity contribution in [3.05, 3.63) is 53.9 Å². The fraction of sp³-hybridized carbons (Fsp3) is 0.278. The van der Waals surface area contributed by atoms with Crippen LogP contribution >= 0.6 is 0 Å². The molecule has 0 aliphatic rings. The number of hydrogen-bond donors (Lipinski definition) is 1. The summed E-state index contributed by atoms with van der Waals surface area (Å²) in [5.74, 6) is 0.884. The predicted octanol–water partition coefficient (Wildman–Crippen LogP) is 3.59. The van der Waals surface area contributed by atoms with Gasteiger partial charge in [-0.3, -0.25) is 0 Å². The van der Waals surface area contributed by atoms with Crippen molar-refractivity contribution in [3.63, 3.8) is 0 Å². The van der Waals surface area contributed by atoms with E-state index in [9.17, 15) is 5.11 Å². The van der Waals surface area contributed by atoms with Crippen LogP contribution in [0.15, 0.2) is 42.6 Å². The van der Waals surface area contributed by atoms with Crippen molar-refractivity contribution in [3.8, 4) is 17.0 Å². The summed E-state index contributed by atoms with van der Waals surface area (Å²) in [6.45, 7) is 4.91. The first-order chi connectivity index (χ1) is 10.7. The minimum atomic E-state index is 0.0290. The fourth-order valence-corrected chi connectivity index (χ4v) is 2.51. The minimum absolute atomic E-state index is 0.0290. The summed E-state index contributed by atoms with van der Waals surface area (Å²) in [4.78, 5) is 4.69. The summed E-state index contributed by atoms with van der Waals surface area (Å²) in [6.07, 6.45) is 2.95. The molecule has 4 nitrogen and oxygen atoms in total. The maximum atomic E-state index is 9.24. The molecule has 3 rings (SSSR count). The molecule has 3 aromatic rings. The normalized spacial score (nSPS) is 11.0. The zero-order chi connectivity index (χ0) is 15.5. The molecule has 0 radical (unpaired) electrons. The van der Waals surface area contributed by atoms with Gasteiger partial charge < -0.3 is 14.2 Å². The molecule has 0 amide bonds. The maximum Gasteiger partial charge on any atom is 0.138 e. The van der Waals surface area contributed by atoms with Gasteiger partial charge in [-0.25, -0.2) is 4.98 Å². The van der Waals surface area contributed by atoms with Crippen LogP contribution in [0.5, 0.6) is 5.75 Å². The highest BCUT2D eigenvalue weighted by Gasteiger charge is 2.10. The average molecular weight is 296 g/mol. The molecule has 1 aromatic carbocycles. The highest BCUT2D eigenvalue weighted by Crippen LogP contribution is 2.26. The van der Waals surface area contributed by atoms with Crippen LogP contribution in [0.2, 0.25) is 0 Å². The first-order valence-electron chi connectivity index (χ1n) is 7.54.